The van der Waals surface area contributed by atoms with Gasteiger partial charge in [0.05, 0.1) is 5.56 Å². The van der Waals surface area contributed by atoms with Gasteiger partial charge in [-0.3, -0.25) is 4.79 Å². The van der Waals surface area contributed by atoms with Crippen molar-refractivity contribution < 1.29 is 27.9 Å². The van der Waals surface area contributed by atoms with Gasteiger partial charge in [-0.15, -0.1) is 0 Å². The predicted molar refractivity (Wildman–Crippen MR) is 83.8 cm³/mol. The molecule has 0 aliphatic carbocycles. The van der Waals surface area contributed by atoms with Crippen molar-refractivity contribution in [2.45, 2.75) is 24.7 Å². The summed E-state index contributed by atoms with van der Waals surface area (Å²) in [7, 11) is 0. The molecule has 10 heteroatoms. The van der Waals surface area contributed by atoms with Crippen molar-refractivity contribution in [3.05, 3.63) is 28.2 Å². The summed E-state index contributed by atoms with van der Waals surface area (Å²) in [6.07, 6.45) is -3.26. The molecule has 0 saturated carbocycles. The van der Waals surface area contributed by atoms with Gasteiger partial charge in [0.2, 0.25) is 0 Å². The Morgan fingerprint density at radius 1 is 1.21 bits per heavy atom. The molecule has 1 fully saturated rings. The van der Waals surface area contributed by atoms with Gasteiger partial charge in [-0.1, -0.05) is 15.9 Å². The summed E-state index contributed by atoms with van der Waals surface area (Å²) in [6, 6.07) is 5.77. The van der Waals surface area contributed by atoms with Gasteiger partial charge in [0, 0.05) is 23.0 Å². The van der Waals surface area contributed by atoms with Gasteiger partial charge in [0.15, 0.2) is 0 Å². The van der Waals surface area contributed by atoms with E-state index in [0.717, 1.165) is 36.1 Å². The summed E-state index contributed by atoms with van der Waals surface area (Å²) in [5.41, 5.74) is 1.38. The molecule has 24 heavy (non-hydrogen) atoms. The van der Waals surface area contributed by atoms with Crippen molar-refractivity contribution in [2.24, 2.45) is 0 Å². The minimum Gasteiger partial charge on any atom is -0.475 e. The molecule has 0 unspecified atom stereocenters. The highest BCUT2D eigenvalue weighted by Gasteiger charge is 2.39. The number of fused-ring (bicyclic) bond motifs is 1. The predicted octanol–water partition coefficient (Wildman–Crippen LogP) is 2.32. The Hall–Kier alpha value is -1.81. The summed E-state index contributed by atoms with van der Waals surface area (Å²) >= 11 is 3.39. The molecule has 0 aromatic heterocycles. The van der Waals surface area contributed by atoms with Crippen molar-refractivity contribution >= 4 is 33.5 Å². The lowest BCUT2D eigenvalue weighted by molar-refractivity contribution is -0.192. The number of hydrogen-bond donors (Lipinski definition) is 4. The first-order valence-corrected chi connectivity index (χ1v) is 7.83. The third kappa shape index (κ3) is 4.38. The van der Waals surface area contributed by atoms with Crippen LogP contribution < -0.4 is 16.0 Å². The van der Waals surface area contributed by atoms with Crippen LogP contribution in [0.25, 0.3) is 0 Å². The number of hydrogen-bond acceptors (Lipinski definition) is 4. The number of amides is 1. The van der Waals surface area contributed by atoms with Crippen LogP contribution in [-0.4, -0.2) is 41.9 Å². The molecule has 1 saturated heterocycles. The van der Waals surface area contributed by atoms with E-state index in [1.165, 1.54) is 0 Å². The number of carboxylic acid groups (broad SMARTS) is 1. The second-order valence-corrected chi connectivity index (χ2v) is 6.32. The van der Waals surface area contributed by atoms with Crippen molar-refractivity contribution in [3.8, 4) is 0 Å². The van der Waals surface area contributed by atoms with E-state index >= 15 is 0 Å². The van der Waals surface area contributed by atoms with Gasteiger partial charge in [-0.05, 0) is 31.3 Å². The van der Waals surface area contributed by atoms with Crippen molar-refractivity contribution in [1.82, 2.24) is 10.6 Å². The number of anilines is 1. The van der Waals surface area contributed by atoms with E-state index in [2.05, 4.69) is 31.9 Å². The number of aliphatic carboxylic acids is 1. The summed E-state index contributed by atoms with van der Waals surface area (Å²) in [4.78, 5) is 21.0. The fourth-order valence-corrected chi connectivity index (χ4v) is 2.85. The van der Waals surface area contributed by atoms with Crippen molar-refractivity contribution in [1.29, 1.82) is 0 Å². The van der Waals surface area contributed by atoms with Crippen LogP contribution in [0.2, 0.25) is 0 Å². The fourth-order valence-electron chi connectivity index (χ4n) is 2.49. The van der Waals surface area contributed by atoms with Gasteiger partial charge >= 0.3 is 12.1 Å². The van der Waals surface area contributed by atoms with Crippen LogP contribution in [0.5, 0.6) is 0 Å². The van der Waals surface area contributed by atoms with E-state index in [-0.39, 0.29) is 11.6 Å². The van der Waals surface area contributed by atoms with Gasteiger partial charge < -0.3 is 21.1 Å². The SMILES string of the molecule is O=C(O)C(F)(F)F.O=C1NC2(CCNCC2)Nc2ccc(Br)cc21. The van der Waals surface area contributed by atoms with Crippen LogP contribution in [0.15, 0.2) is 22.7 Å². The molecule has 2 aliphatic heterocycles. The van der Waals surface area contributed by atoms with Crippen molar-refractivity contribution in [3.63, 3.8) is 0 Å². The molecule has 1 spiro atoms. The Kier molecular flexibility index (Phi) is 5.38. The first-order chi connectivity index (χ1) is 11.1. The summed E-state index contributed by atoms with van der Waals surface area (Å²) in [5, 5.41) is 17.0. The van der Waals surface area contributed by atoms with Crippen LogP contribution in [0.3, 0.4) is 0 Å². The number of halogens is 4. The molecule has 0 bridgehead atoms. The molecule has 0 radical (unpaired) electrons. The largest absolute Gasteiger partial charge is 0.490 e. The topological polar surface area (TPSA) is 90.5 Å². The van der Waals surface area contributed by atoms with Gasteiger partial charge in [0.1, 0.15) is 5.66 Å². The van der Waals surface area contributed by atoms with Crippen LogP contribution in [0.4, 0.5) is 18.9 Å². The highest BCUT2D eigenvalue weighted by molar-refractivity contribution is 9.10. The number of carbonyl (C=O) groups is 2. The maximum Gasteiger partial charge on any atom is 0.490 e. The number of rotatable bonds is 0. The molecule has 0 atom stereocenters. The van der Waals surface area contributed by atoms with Gasteiger partial charge in [-0.2, -0.15) is 13.2 Å². The van der Waals surface area contributed by atoms with E-state index in [1.54, 1.807) is 0 Å². The van der Waals surface area contributed by atoms with Crippen LogP contribution in [0.1, 0.15) is 23.2 Å². The molecule has 2 aliphatic rings. The molecule has 1 aromatic carbocycles. The lowest BCUT2D eigenvalue weighted by Crippen LogP contribution is -2.61. The fraction of sp³-hybridized carbons (Fsp3) is 0.429. The highest BCUT2D eigenvalue weighted by Crippen LogP contribution is 2.31. The number of carbonyl (C=O) groups excluding carboxylic acids is 1. The van der Waals surface area contributed by atoms with Crippen LogP contribution in [0, 0.1) is 0 Å². The Bertz CT molecular complexity index is 646. The molecule has 132 valence electrons. The number of alkyl halides is 3. The first kappa shape index (κ1) is 18.5. The van der Waals surface area contributed by atoms with E-state index in [9.17, 15) is 18.0 Å². The summed E-state index contributed by atoms with van der Waals surface area (Å²) in [5.74, 6) is -2.74. The second kappa shape index (κ2) is 6.98. The van der Waals surface area contributed by atoms with Gasteiger partial charge in [0.25, 0.3) is 5.91 Å². The van der Waals surface area contributed by atoms with E-state index in [4.69, 9.17) is 9.90 Å². The maximum atomic E-state index is 12.1. The average molecular weight is 410 g/mol. The molecule has 6 nitrogen and oxygen atoms in total. The lowest BCUT2D eigenvalue weighted by Gasteiger charge is -2.43. The monoisotopic (exact) mass is 409 g/mol. The Labute approximate surface area is 143 Å². The zero-order valence-electron chi connectivity index (χ0n) is 12.3. The van der Waals surface area contributed by atoms with E-state index in [0.29, 0.717) is 5.56 Å². The minimum atomic E-state index is -5.08. The van der Waals surface area contributed by atoms with E-state index < -0.39 is 12.1 Å². The third-order valence-corrected chi connectivity index (χ3v) is 4.15. The molecule has 2 heterocycles. The third-order valence-electron chi connectivity index (χ3n) is 3.65. The molecule has 1 amide bonds. The standard InChI is InChI=1S/C12H14BrN3O.C2HF3O2/c13-8-1-2-10-9(7-8)11(17)16-12(15-10)3-5-14-6-4-12;3-2(4,5)1(6)7/h1-2,7,14-15H,3-6H2,(H,16,17);(H,6,7). The number of benzene rings is 1. The van der Waals surface area contributed by atoms with E-state index in [1.807, 2.05) is 18.2 Å². The molecular formula is C14H15BrF3N3O3. The first-order valence-electron chi connectivity index (χ1n) is 7.04. The summed E-state index contributed by atoms with van der Waals surface area (Å²) < 4.78 is 32.7. The Morgan fingerprint density at radius 3 is 2.33 bits per heavy atom. The zero-order chi connectivity index (χ0) is 18.0. The second-order valence-electron chi connectivity index (χ2n) is 5.40. The maximum absolute atomic E-state index is 12.1. The average Bonchev–Trinajstić information content (AvgIpc) is 2.49. The molecular weight excluding hydrogens is 395 g/mol. The number of nitrogens with one attached hydrogen (secondary N) is 3. The minimum absolute atomic E-state index is 0.0157. The van der Waals surface area contributed by atoms with Gasteiger partial charge in [-0.25, -0.2) is 4.79 Å². The highest BCUT2D eigenvalue weighted by atomic mass is 79.9. The molecule has 3 rings (SSSR count). The smallest absolute Gasteiger partial charge is 0.475 e. The Balaban J connectivity index is 0.000000256. The van der Waals surface area contributed by atoms with Crippen molar-refractivity contribution in [2.75, 3.05) is 18.4 Å². The number of piperidine rings is 1. The normalized spacial score (nSPS) is 18.6. The molecule has 4 N–H and O–H groups in total. The zero-order valence-corrected chi connectivity index (χ0v) is 13.9. The number of carboxylic acids is 1. The van der Waals surface area contributed by atoms with Crippen LogP contribution >= 0.6 is 15.9 Å². The quantitative estimate of drug-likeness (QED) is 0.527. The lowest BCUT2D eigenvalue weighted by atomic mass is 9.93. The Morgan fingerprint density at radius 2 is 1.79 bits per heavy atom. The van der Waals surface area contributed by atoms with Crippen LogP contribution in [-0.2, 0) is 4.79 Å². The molecule has 1 aromatic rings. The summed E-state index contributed by atoms with van der Waals surface area (Å²) in [6.45, 7) is 1.86.